The highest BCUT2D eigenvalue weighted by atomic mass is 16.6. The molecule has 1 spiro atoms. The normalized spacial score (nSPS) is 23.1. The first kappa shape index (κ1) is 18.3. The molecule has 4 heterocycles. The zero-order valence-electron chi connectivity index (χ0n) is 16.4. The van der Waals surface area contributed by atoms with Crippen LogP contribution in [0.25, 0.3) is 0 Å². The van der Waals surface area contributed by atoms with Crippen LogP contribution in [0.4, 0.5) is 0 Å². The Bertz CT molecular complexity index is 920. The van der Waals surface area contributed by atoms with E-state index in [1.807, 2.05) is 23.2 Å². The third-order valence-electron chi connectivity index (χ3n) is 6.57. The summed E-state index contributed by atoms with van der Waals surface area (Å²) in [5.41, 5.74) is 0.533. The molecule has 3 aliphatic rings. The van der Waals surface area contributed by atoms with Crippen LogP contribution in [0.1, 0.15) is 49.3 Å². The van der Waals surface area contributed by atoms with Gasteiger partial charge in [-0.05, 0) is 37.3 Å². The highest BCUT2D eigenvalue weighted by Gasteiger charge is 2.54. The van der Waals surface area contributed by atoms with Crippen LogP contribution in [0.3, 0.4) is 0 Å². The first-order valence-electron chi connectivity index (χ1n) is 10.5. The number of hydrogen-bond acceptors (Lipinski definition) is 6. The smallest absolute Gasteiger partial charge is 0.307 e. The van der Waals surface area contributed by atoms with Crippen LogP contribution in [0.2, 0.25) is 0 Å². The van der Waals surface area contributed by atoms with E-state index in [1.54, 1.807) is 6.20 Å². The van der Waals surface area contributed by atoms with E-state index < -0.39 is 5.60 Å². The van der Waals surface area contributed by atoms with Crippen molar-refractivity contribution in [1.29, 1.82) is 0 Å². The number of amides is 1. The zero-order chi connectivity index (χ0) is 19.8. The number of pyridine rings is 1. The Labute approximate surface area is 169 Å². The number of fused-ring (bicyclic) bond motifs is 1. The van der Waals surface area contributed by atoms with Gasteiger partial charge in [0.15, 0.2) is 0 Å². The maximum Gasteiger partial charge on any atom is 0.307 e. The molecule has 8 nitrogen and oxygen atoms in total. The number of ether oxygens (including phenoxy) is 1. The van der Waals surface area contributed by atoms with Gasteiger partial charge in [0.25, 0.3) is 0 Å². The fraction of sp³-hybridized carbons (Fsp3) is 0.571. The van der Waals surface area contributed by atoms with Gasteiger partial charge in [-0.15, -0.1) is 10.2 Å². The summed E-state index contributed by atoms with van der Waals surface area (Å²) >= 11 is 0. The van der Waals surface area contributed by atoms with Crippen LogP contribution in [0.5, 0.6) is 0 Å². The van der Waals surface area contributed by atoms with Gasteiger partial charge in [0.05, 0.1) is 12.3 Å². The number of esters is 1. The molecule has 2 aliphatic heterocycles. The standard InChI is InChI=1S/C21H25N5O3/c27-19-13-16(21(29-19)6-1-2-7-21)20(28)25-9-5-17-23-24-18(26(17)11-10-25)12-15-4-3-8-22-14-15/h3-4,8,14,16H,1-2,5-7,9-13H2. The molecule has 2 fully saturated rings. The van der Waals surface area contributed by atoms with Crippen molar-refractivity contribution >= 4 is 11.9 Å². The number of nitrogens with zero attached hydrogens (tertiary/aromatic N) is 5. The lowest BCUT2D eigenvalue weighted by Crippen LogP contribution is -2.45. The van der Waals surface area contributed by atoms with E-state index in [2.05, 4.69) is 19.7 Å². The fourth-order valence-corrected chi connectivity index (χ4v) is 5.07. The first-order chi connectivity index (χ1) is 14.1. The Kier molecular flexibility index (Phi) is 4.56. The van der Waals surface area contributed by atoms with E-state index in [0.717, 1.165) is 42.9 Å². The molecule has 0 aromatic carbocycles. The predicted octanol–water partition coefficient (Wildman–Crippen LogP) is 1.52. The van der Waals surface area contributed by atoms with Crippen LogP contribution in [0.15, 0.2) is 24.5 Å². The van der Waals surface area contributed by atoms with Crippen molar-refractivity contribution in [3.05, 3.63) is 41.7 Å². The van der Waals surface area contributed by atoms with E-state index in [-0.39, 0.29) is 24.2 Å². The van der Waals surface area contributed by atoms with Crippen molar-refractivity contribution in [2.75, 3.05) is 13.1 Å². The zero-order valence-corrected chi connectivity index (χ0v) is 16.4. The lowest BCUT2D eigenvalue weighted by Gasteiger charge is -2.32. The van der Waals surface area contributed by atoms with Gasteiger partial charge in [-0.1, -0.05) is 6.07 Å². The van der Waals surface area contributed by atoms with Gasteiger partial charge in [0.1, 0.15) is 17.2 Å². The predicted molar refractivity (Wildman–Crippen MR) is 103 cm³/mol. The molecular formula is C21H25N5O3. The Balaban J connectivity index is 1.31. The largest absolute Gasteiger partial charge is 0.458 e. The van der Waals surface area contributed by atoms with Crippen LogP contribution in [-0.2, 0) is 33.7 Å². The van der Waals surface area contributed by atoms with Gasteiger partial charge in [0, 0.05) is 44.9 Å². The molecule has 1 saturated heterocycles. The summed E-state index contributed by atoms with van der Waals surface area (Å²) in [5.74, 6) is 1.31. The minimum absolute atomic E-state index is 0.0604. The topological polar surface area (TPSA) is 90.2 Å². The van der Waals surface area contributed by atoms with Gasteiger partial charge in [-0.25, -0.2) is 0 Å². The molecule has 1 amide bonds. The van der Waals surface area contributed by atoms with E-state index in [4.69, 9.17) is 4.74 Å². The van der Waals surface area contributed by atoms with Crippen molar-refractivity contribution in [1.82, 2.24) is 24.6 Å². The van der Waals surface area contributed by atoms with Crippen molar-refractivity contribution in [3.8, 4) is 0 Å². The van der Waals surface area contributed by atoms with Gasteiger partial charge in [0.2, 0.25) is 5.91 Å². The summed E-state index contributed by atoms with van der Waals surface area (Å²) < 4.78 is 7.80. The summed E-state index contributed by atoms with van der Waals surface area (Å²) in [4.78, 5) is 31.4. The molecule has 152 valence electrons. The molecular weight excluding hydrogens is 370 g/mol. The third kappa shape index (κ3) is 3.30. The van der Waals surface area contributed by atoms with Crippen molar-refractivity contribution < 1.29 is 14.3 Å². The maximum absolute atomic E-state index is 13.3. The van der Waals surface area contributed by atoms with Gasteiger partial charge in [-0.3, -0.25) is 14.6 Å². The average Bonchev–Trinajstić information content (AvgIpc) is 3.39. The van der Waals surface area contributed by atoms with Crippen LogP contribution in [-0.4, -0.2) is 55.2 Å². The van der Waals surface area contributed by atoms with E-state index in [0.29, 0.717) is 32.5 Å². The number of rotatable bonds is 3. The Morgan fingerprint density at radius 3 is 2.86 bits per heavy atom. The molecule has 5 rings (SSSR count). The SMILES string of the molecule is O=C1CC(C(=O)N2CCc3nnc(Cc4cccnc4)n3CC2)C2(CCCC2)O1. The van der Waals surface area contributed by atoms with E-state index in [9.17, 15) is 9.59 Å². The molecule has 1 atom stereocenters. The van der Waals surface area contributed by atoms with Gasteiger partial charge in [-0.2, -0.15) is 0 Å². The summed E-state index contributed by atoms with van der Waals surface area (Å²) in [6.07, 6.45) is 8.81. The van der Waals surface area contributed by atoms with Crippen LogP contribution in [0, 0.1) is 5.92 Å². The minimum Gasteiger partial charge on any atom is -0.458 e. The number of carbonyl (C=O) groups excluding carboxylic acids is 2. The second kappa shape index (κ2) is 7.24. The van der Waals surface area contributed by atoms with Crippen molar-refractivity contribution in [2.24, 2.45) is 5.92 Å². The monoisotopic (exact) mass is 395 g/mol. The number of aromatic nitrogens is 4. The number of hydrogen-bond donors (Lipinski definition) is 0. The molecule has 8 heteroatoms. The lowest BCUT2D eigenvalue weighted by atomic mass is 9.84. The van der Waals surface area contributed by atoms with E-state index >= 15 is 0 Å². The summed E-state index contributed by atoms with van der Waals surface area (Å²) in [5, 5.41) is 8.73. The molecule has 1 aliphatic carbocycles. The summed E-state index contributed by atoms with van der Waals surface area (Å²) in [7, 11) is 0. The molecule has 1 unspecified atom stereocenters. The minimum atomic E-state index is -0.554. The highest BCUT2D eigenvalue weighted by Crippen LogP contribution is 2.46. The molecule has 1 saturated carbocycles. The van der Waals surface area contributed by atoms with Gasteiger partial charge < -0.3 is 14.2 Å². The van der Waals surface area contributed by atoms with Crippen molar-refractivity contribution in [3.63, 3.8) is 0 Å². The molecule has 29 heavy (non-hydrogen) atoms. The quantitative estimate of drug-likeness (QED) is 0.732. The molecule has 0 bridgehead atoms. The third-order valence-corrected chi connectivity index (χ3v) is 6.57. The van der Waals surface area contributed by atoms with Gasteiger partial charge >= 0.3 is 5.97 Å². The second-order valence-corrected chi connectivity index (χ2v) is 8.30. The first-order valence-corrected chi connectivity index (χ1v) is 10.5. The Morgan fingerprint density at radius 2 is 2.07 bits per heavy atom. The van der Waals surface area contributed by atoms with Crippen molar-refractivity contribution in [2.45, 2.75) is 57.1 Å². The lowest BCUT2D eigenvalue weighted by molar-refractivity contribution is -0.151. The molecule has 2 aromatic heterocycles. The molecule has 2 aromatic rings. The summed E-state index contributed by atoms with van der Waals surface area (Å²) in [6.45, 7) is 1.87. The molecule has 0 radical (unpaired) electrons. The highest BCUT2D eigenvalue weighted by molar-refractivity contribution is 5.88. The average molecular weight is 395 g/mol. The number of carbonyl (C=O) groups is 2. The van der Waals surface area contributed by atoms with Crippen LogP contribution < -0.4 is 0 Å². The second-order valence-electron chi connectivity index (χ2n) is 8.30. The Hall–Kier alpha value is -2.77. The summed E-state index contributed by atoms with van der Waals surface area (Å²) in [6, 6.07) is 3.94. The molecule has 0 N–H and O–H groups in total. The Morgan fingerprint density at radius 1 is 1.21 bits per heavy atom. The van der Waals surface area contributed by atoms with E-state index in [1.165, 1.54) is 0 Å². The maximum atomic E-state index is 13.3. The van der Waals surface area contributed by atoms with Crippen LogP contribution >= 0.6 is 0 Å². The fourth-order valence-electron chi connectivity index (χ4n) is 5.07.